The first-order chi connectivity index (χ1) is 19.6. The number of rotatable bonds is 5. The van der Waals surface area contributed by atoms with E-state index >= 15 is 0 Å². The number of thiophene rings is 1. The number of hydrogen-bond acceptors (Lipinski definition) is 8. The van der Waals surface area contributed by atoms with E-state index in [1.54, 1.807) is 47.2 Å². The van der Waals surface area contributed by atoms with Gasteiger partial charge in [-0.3, -0.25) is 14.5 Å². The van der Waals surface area contributed by atoms with Crippen molar-refractivity contribution in [3.63, 3.8) is 0 Å². The first kappa shape index (κ1) is 28.2. The van der Waals surface area contributed by atoms with Crippen molar-refractivity contribution in [3.8, 4) is 0 Å². The van der Waals surface area contributed by atoms with Crippen molar-refractivity contribution < 1.29 is 37.0 Å². The Kier molecular flexibility index (Phi) is 7.48. The predicted octanol–water partition coefficient (Wildman–Crippen LogP) is 5.51. The molecule has 2 aromatic carbocycles. The number of Topliss-reactive ketones (excluding diaryl/α,β-unsaturated/α-hetero) is 1. The van der Waals surface area contributed by atoms with Crippen LogP contribution in [0.15, 0.2) is 94.1 Å². The largest absolute Gasteiger partial charge is 0.468 e. The van der Waals surface area contributed by atoms with E-state index in [0.29, 0.717) is 16.8 Å². The quantitative estimate of drug-likeness (QED) is 0.313. The average Bonchev–Trinajstić information content (AvgIpc) is 3.50. The van der Waals surface area contributed by atoms with Crippen molar-refractivity contribution >= 4 is 34.7 Å². The minimum Gasteiger partial charge on any atom is -0.468 e. The number of nitrogens with zero attached hydrogens (tertiary/aromatic N) is 1. The van der Waals surface area contributed by atoms with Crippen LogP contribution in [0, 0.1) is 5.92 Å². The van der Waals surface area contributed by atoms with Gasteiger partial charge in [-0.1, -0.05) is 36.4 Å². The number of methoxy groups -OCH3 is 2. The summed E-state index contributed by atoms with van der Waals surface area (Å²) in [6.07, 6.45) is -4.60. The zero-order valence-corrected chi connectivity index (χ0v) is 22.8. The molecular formula is C30H25F3N2O5S. The topological polar surface area (TPSA) is 98.9 Å². The van der Waals surface area contributed by atoms with Crippen LogP contribution in [0.1, 0.15) is 34.9 Å². The van der Waals surface area contributed by atoms with Gasteiger partial charge in [0.1, 0.15) is 11.7 Å². The molecule has 212 valence electrons. The van der Waals surface area contributed by atoms with Gasteiger partial charge in [0.15, 0.2) is 5.78 Å². The van der Waals surface area contributed by atoms with Crippen molar-refractivity contribution in [2.45, 2.75) is 24.4 Å². The van der Waals surface area contributed by atoms with E-state index in [2.05, 4.69) is 0 Å². The number of hydrogen-bond donors (Lipinski definition) is 1. The Labute approximate surface area is 237 Å². The number of halogens is 3. The van der Waals surface area contributed by atoms with Crippen LogP contribution in [-0.4, -0.2) is 31.9 Å². The molecule has 0 radical (unpaired) electrons. The number of benzene rings is 2. The SMILES string of the molecule is COC(=O)C1=C(N)N(c2cccc(C(F)(F)F)c2)C2=C(C(=O)[C@H](C(=O)OC)[C@@H](c3ccccc3)C2)[C@H]1c1ccsc1. The van der Waals surface area contributed by atoms with Crippen LogP contribution in [0.2, 0.25) is 0 Å². The zero-order chi connectivity index (χ0) is 29.5. The van der Waals surface area contributed by atoms with E-state index in [9.17, 15) is 27.6 Å². The molecule has 2 heterocycles. The molecule has 0 spiro atoms. The summed E-state index contributed by atoms with van der Waals surface area (Å²) in [5, 5.41) is 3.51. The summed E-state index contributed by atoms with van der Waals surface area (Å²) in [6.45, 7) is 0. The normalized spacial score (nSPS) is 21.0. The number of carbonyl (C=O) groups excluding carboxylic acids is 3. The second-order valence-corrected chi connectivity index (χ2v) is 10.4. The van der Waals surface area contributed by atoms with Crippen molar-refractivity contribution in [3.05, 3.63) is 111 Å². The Morgan fingerprint density at radius 2 is 1.73 bits per heavy atom. The standard InChI is InChI=1S/C30H25F3N2O5S/c1-39-28(37)23-20(16-7-4-3-5-8-16)14-21-24(26(23)36)22(17-11-12-41-15-17)25(29(38)40-2)27(34)35(21)19-10-6-9-18(13-19)30(31,32)33/h3-13,15,20,22-23H,14,34H2,1-2H3/t20-,22-,23-/m1/s1. The highest BCUT2D eigenvalue weighted by atomic mass is 32.1. The van der Waals surface area contributed by atoms with Crippen LogP contribution in [0.3, 0.4) is 0 Å². The van der Waals surface area contributed by atoms with Crippen LogP contribution < -0.4 is 10.6 Å². The zero-order valence-electron chi connectivity index (χ0n) is 22.0. The molecule has 0 fully saturated rings. The Bertz CT molecular complexity index is 1560. The second-order valence-electron chi connectivity index (χ2n) is 9.61. The fourth-order valence-electron chi connectivity index (χ4n) is 5.64. The summed E-state index contributed by atoms with van der Waals surface area (Å²) >= 11 is 1.33. The van der Waals surface area contributed by atoms with Crippen LogP contribution in [0.25, 0.3) is 0 Å². The summed E-state index contributed by atoms with van der Waals surface area (Å²) in [6, 6.07) is 15.1. The van der Waals surface area contributed by atoms with Gasteiger partial charge in [-0.25, -0.2) is 4.79 Å². The lowest BCUT2D eigenvalue weighted by Gasteiger charge is -2.44. The lowest BCUT2D eigenvalue weighted by molar-refractivity contribution is -0.150. The van der Waals surface area contributed by atoms with Crippen LogP contribution in [0.5, 0.6) is 0 Å². The van der Waals surface area contributed by atoms with E-state index in [4.69, 9.17) is 15.2 Å². The molecule has 2 N–H and O–H groups in total. The number of anilines is 1. The minimum atomic E-state index is -4.66. The predicted molar refractivity (Wildman–Crippen MR) is 146 cm³/mol. The van der Waals surface area contributed by atoms with Crippen molar-refractivity contribution in [1.29, 1.82) is 0 Å². The van der Waals surface area contributed by atoms with Gasteiger partial charge >= 0.3 is 18.1 Å². The fraction of sp³-hybridized carbons (Fsp3) is 0.233. The molecular weight excluding hydrogens is 557 g/mol. The molecule has 41 heavy (non-hydrogen) atoms. The Morgan fingerprint density at radius 3 is 2.34 bits per heavy atom. The van der Waals surface area contributed by atoms with Crippen molar-refractivity contribution in [1.82, 2.24) is 0 Å². The lowest BCUT2D eigenvalue weighted by atomic mass is 9.67. The highest BCUT2D eigenvalue weighted by Crippen LogP contribution is 2.52. The molecule has 1 aliphatic carbocycles. The number of esters is 2. The number of ether oxygens (including phenoxy) is 2. The molecule has 0 saturated heterocycles. The van der Waals surface area contributed by atoms with Crippen molar-refractivity contribution in [2.75, 3.05) is 19.1 Å². The molecule has 0 amide bonds. The summed E-state index contributed by atoms with van der Waals surface area (Å²) in [4.78, 5) is 42.1. The van der Waals surface area contributed by atoms with Gasteiger partial charge in [0.25, 0.3) is 0 Å². The Morgan fingerprint density at radius 1 is 1.00 bits per heavy atom. The molecule has 2 aliphatic rings. The Balaban J connectivity index is 1.82. The fourth-order valence-corrected chi connectivity index (χ4v) is 6.32. The maximum Gasteiger partial charge on any atom is 0.416 e. The molecule has 11 heteroatoms. The van der Waals surface area contributed by atoms with Gasteiger partial charge in [-0.2, -0.15) is 24.5 Å². The molecule has 1 aromatic heterocycles. The summed E-state index contributed by atoms with van der Waals surface area (Å²) in [7, 11) is 2.34. The molecule has 3 aromatic rings. The van der Waals surface area contributed by atoms with E-state index < -0.39 is 47.2 Å². The molecule has 1 aliphatic heterocycles. The van der Waals surface area contributed by atoms with Gasteiger partial charge in [-0.15, -0.1) is 0 Å². The van der Waals surface area contributed by atoms with E-state index in [1.807, 2.05) is 0 Å². The van der Waals surface area contributed by atoms with Gasteiger partial charge in [-0.05, 0) is 52.6 Å². The molecule has 3 atom stereocenters. The maximum absolute atomic E-state index is 14.4. The number of ketones is 1. The maximum atomic E-state index is 14.4. The first-order valence-electron chi connectivity index (χ1n) is 12.6. The van der Waals surface area contributed by atoms with Gasteiger partial charge < -0.3 is 15.2 Å². The van der Waals surface area contributed by atoms with Gasteiger partial charge in [0, 0.05) is 22.9 Å². The monoisotopic (exact) mass is 582 g/mol. The third-order valence-corrected chi connectivity index (χ3v) is 8.14. The molecule has 0 unspecified atom stereocenters. The average molecular weight is 583 g/mol. The number of nitrogens with two attached hydrogens (primary N) is 1. The molecule has 0 saturated carbocycles. The minimum absolute atomic E-state index is 0.00567. The van der Waals surface area contributed by atoms with Crippen molar-refractivity contribution in [2.24, 2.45) is 11.7 Å². The third-order valence-electron chi connectivity index (χ3n) is 7.43. The summed E-state index contributed by atoms with van der Waals surface area (Å²) < 4.78 is 51.3. The molecule has 0 bridgehead atoms. The van der Waals surface area contributed by atoms with Crippen LogP contribution in [-0.2, 0) is 30.0 Å². The van der Waals surface area contributed by atoms with Crippen LogP contribution >= 0.6 is 11.3 Å². The van der Waals surface area contributed by atoms with Crippen LogP contribution in [0.4, 0.5) is 18.9 Å². The van der Waals surface area contributed by atoms with E-state index in [0.717, 1.165) is 19.2 Å². The first-order valence-corrected chi connectivity index (χ1v) is 13.5. The number of alkyl halides is 3. The lowest BCUT2D eigenvalue weighted by Crippen LogP contribution is -2.46. The highest BCUT2D eigenvalue weighted by Gasteiger charge is 2.51. The van der Waals surface area contributed by atoms with E-state index in [-0.39, 0.29) is 29.1 Å². The van der Waals surface area contributed by atoms with Gasteiger partial charge in [0.2, 0.25) is 0 Å². The number of allylic oxidation sites excluding steroid dienone is 2. The second kappa shape index (κ2) is 10.9. The number of carbonyl (C=O) groups is 3. The summed E-state index contributed by atoms with van der Waals surface area (Å²) in [5.74, 6) is -5.36. The third kappa shape index (κ3) is 4.90. The Hall–Kier alpha value is -4.38. The van der Waals surface area contributed by atoms with E-state index in [1.165, 1.54) is 35.5 Å². The highest BCUT2D eigenvalue weighted by molar-refractivity contribution is 7.08. The summed E-state index contributed by atoms with van der Waals surface area (Å²) in [5.41, 5.74) is 7.20. The smallest absolute Gasteiger partial charge is 0.416 e. The molecule has 7 nitrogen and oxygen atoms in total. The molecule has 5 rings (SSSR count). The van der Waals surface area contributed by atoms with Gasteiger partial charge in [0.05, 0.1) is 31.3 Å².